The normalized spacial score (nSPS) is 11.3. The lowest BCUT2D eigenvalue weighted by Crippen LogP contribution is -2.51. The number of hydrogen-bond donors (Lipinski definition) is 1. The third-order valence-corrected chi connectivity index (χ3v) is 4.26. The van der Waals surface area contributed by atoms with Crippen LogP contribution < -0.4 is 10.8 Å². The van der Waals surface area contributed by atoms with E-state index in [4.69, 9.17) is 9.90 Å². The molecule has 0 radical (unpaired) electrons. The first-order valence-corrected chi connectivity index (χ1v) is 9.56. The minimum atomic E-state index is -5.19. The lowest BCUT2D eigenvalue weighted by atomic mass is 10.0. The van der Waals surface area contributed by atoms with Gasteiger partial charge in [-0.1, -0.05) is 68.4 Å². The van der Waals surface area contributed by atoms with E-state index in [0.717, 1.165) is 32.6 Å². The molecule has 0 heterocycles. The number of aliphatic carboxylic acids is 1. The zero-order chi connectivity index (χ0) is 21.9. The van der Waals surface area contributed by atoms with Gasteiger partial charge in [0, 0.05) is 26.1 Å². The number of alkyl halides is 3. The van der Waals surface area contributed by atoms with Crippen molar-refractivity contribution in [1.29, 1.82) is 0 Å². The van der Waals surface area contributed by atoms with Gasteiger partial charge in [0.2, 0.25) is 0 Å². The molecule has 0 amide bonds. The first-order valence-electron chi connectivity index (χ1n) is 9.56. The number of nitrogens with zero attached hydrogens (tertiary/aromatic N) is 1. The fourth-order valence-corrected chi connectivity index (χ4v) is 2.66. The van der Waals surface area contributed by atoms with Crippen LogP contribution in [0.1, 0.15) is 42.9 Å². The van der Waals surface area contributed by atoms with Gasteiger partial charge < -0.3 is 15.6 Å². The Morgan fingerprint density at radius 3 is 1.90 bits per heavy atom. The first-order chi connectivity index (χ1) is 13.6. The molecule has 2 aromatic rings. The second kappa shape index (κ2) is 12.2. The molecule has 0 aliphatic heterocycles. The SMILES string of the molecule is CC(C)c1ccc(CN(CCC[NH3+])Cc2ccccc2)cc1.O=C([O-])C(F)(F)F. The highest BCUT2D eigenvalue weighted by Gasteiger charge is 2.28. The van der Waals surface area contributed by atoms with E-state index < -0.39 is 12.1 Å². The van der Waals surface area contributed by atoms with Gasteiger partial charge in [-0.15, -0.1) is 0 Å². The molecule has 0 aliphatic rings. The number of carbonyl (C=O) groups excluding carboxylic acids is 1. The highest BCUT2D eigenvalue weighted by Crippen LogP contribution is 2.16. The molecule has 2 aromatic carbocycles. The van der Waals surface area contributed by atoms with Crippen molar-refractivity contribution >= 4 is 5.97 Å². The summed E-state index contributed by atoms with van der Waals surface area (Å²) in [4.78, 5) is 11.3. The highest BCUT2D eigenvalue weighted by molar-refractivity contribution is 5.70. The molecule has 160 valence electrons. The number of rotatable bonds is 8. The summed E-state index contributed by atoms with van der Waals surface area (Å²) in [6, 6.07) is 19.8. The summed E-state index contributed by atoms with van der Waals surface area (Å²) >= 11 is 0. The van der Waals surface area contributed by atoms with Crippen molar-refractivity contribution in [3.05, 3.63) is 71.3 Å². The van der Waals surface area contributed by atoms with Crippen LogP contribution in [0.15, 0.2) is 54.6 Å². The van der Waals surface area contributed by atoms with E-state index in [1.165, 1.54) is 16.7 Å². The molecule has 0 spiro atoms. The van der Waals surface area contributed by atoms with Gasteiger partial charge in [-0.25, -0.2) is 0 Å². The maximum Gasteiger partial charge on any atom is 0.430 e. The van der Waals surface area contributed by atoms with Crippen molar-refractivity contribution in [2.45, 2.75) is 45.5 Å². The second-order valence-corrected chi connectivity index (χ2v) is 7.08. The fourth-order valence-electron chi connectivity index (χ4n) is 2.66. The van der Waals surface area contributed by atoms with E-state index >= 15 is 0 Å². The smallest absolute Gasteiger partial charge is 0.430 e. The molecule has 0 bridgehead atoms. The Morgan fingerprint density at radius 2 is 1.48 bits per heavy atom. The average Bonchev–Trinajstić information content (AvgIpc) is 2.67. The van der Waals surface area contributed by atoms with E-state index in [9.17, 15) is 13.2 Å². The highest BCUT2D eigenvalue weighted by atomic mass is 19.4. The van der Waals surface area contributed by atoms with Gasteiger partial charge in [0.1, 0.15) is 5.97 Å². The maximum atomic E-state index is 10.5. The number of carboxylic acids is 1. The predicted octanol–water partition coefficient (Wildman–Crippen LogP) is 2.74. The van der Waals surface area contributed by atoms with E-state index in [1.807, 2.05) is 0 Å². The molecule has 7 heteroatoms. The molecular formula is C22H29F3N2O2. The van der Waals surface area contributed by atoms with Crippen LogP contribution in [0.3, 0.4) is 0 Å². The monoisotopic (exact) mass is 410 g/mol. The number of halogens is 3. The zero-order valence-electron chi connectivity index (χ0n) is 16.9. The van der Waals surface area contributed by atoms with Crippen LogP contribution in [-0.2, 0) is 17.9 Å². The van der Waals surface area contributed by atoms with Crippen LogP contribution in [0.25, 0.3) is 0 Å². The Bertz CT molecular complexity index is 717. The number of carbonyl (C=O) groups is 1. The summed E-state index contributed by atoms with van der Waals surface area (Å²) in [6.07, 6.45) is -4.04. The number of hydrogen-bond acceptors (Lipinski definition) is 3. The lowest BCUT2D eigenvalue weighted by molar-refractivity contribution is -0.368. The van der Waals surface area contributed by atoms with E-state index in [0.29, 0.717) is 5.92 Å². The van der Waals surface area contributed by atoms with Crippen LogP contribution in [0.2, 0.25) is 0 Å². The molecule has 4 nitrogen and oxygen atoms in total. The quantitative estimate of drug-likeness (QED) is 0.728. The largest absolute Gasteiger partial charge is 0.542 e. The minimum Gasteiger partial charge on any atom is -0.542 e. The van der Waals surface area contributed by atoms with Gasteiger partial charge in [0.05, 0.1) is 6.54 Å². The fraction of sp³-hybridized carbons (Fsp3) is 0.409. The van der Waals surface area contributed by atoms with Crippen molar-refractivity contribution in [1.82, 2.24) is 4.90 Å². The van der Waals surface area contributed by atoms with Crippen molar-refractivity contribution in [3.63, 3.8) is 0 Å². The third-order valence-electron chi connectivity index (χ3n) is 4.26. The van der Waals surface area contributed by atoms with Crippen LogP contribution in [0.4, 0.5) is 13.2 Å². The Hall–Kier alpha value is -2.38. The van der Waals surface area contributed by atoms with Gasteiger partial charge in [-0.05, 0) is 22.6 Å². The van der Waals surface area contributed by atoms with Crippen molar-refractivity contribution < 1.29 is 28.8 Å². The average molecular weight is 410 g/mol. The summed E-state index contributed by atoms with van der Waals surface area (Å²) in [5, 5.41) is 8.78. The van der Waals surface area contributed by atoms with Gasteiger partial charge >= 0.3 is 6.18 Å². The van der Waals surface area contributed by atoms with Gasteiger partial charge in [-0.3, -0.25) is 4.90 Å². The zero-order valence-corrected chi connectivity index (χ0v) is 16.9. The lowest BCUT2D eigenvalue weighted by Gasteiger charge is -2.22. The summed E-state index contributed by atoms with van der Waals surface area (Å²) in [5.41, 5.74) is 8.16. The third kappa shape index (κ3) is 10.1. The minimum absolute atomic E-state index is 0.598. The molecule has 0 saturated heterocycles. The van der Waals surface area contributed by atoms with Gasteiger partial charge in [0.25, 0.3) is 0 Å². The summed E-state index contributed by atoms with van der Waals surface area (Å²) in [5.74, 6) is -2.41. The molecule has 29 heavy (non-hydrogen) atoms. The Morgan fingerprint density at radius 1 is 1.00 bits per heavy atom. The van der Waals surface area contributed by atoms with E-state index in [1.54, 1.807) is 0 Å². The van der Waals surface area contributed by atoms with Crippen LogP contribution in [0.5, 0.6) is 0 Å². The van der Waals surface area contributed by atoms with Gasteiger partial charge in [0.15, 0.2) is 0 Å². The van der Waals surface area contributed by atoms with Crippen LogP contribution in [-0.4, -0.2) is 30.1 Å². The summed E-state index contributed by atoms with van der Waals surface area (Å²) in [6.45, 7) is 8.60. The van der Waals surface area contributed by atoms with E-state index in [2.05, 4.69) is 79.1 Å². The number of benzene rings is 2. The number of quaternary nitrogens is 1. The van der Waals surface area contributed by atoms with Gasteiger partial charge in [-0.2, -0.15) is 13.2 Å². The Kier molecular flexibility index (Phi) is 10.4. The standard InChI is InChI=1S/C20H28N2.C2HF3O2/c1-17(2)20-11-9-19(10-12-20)16-22(14-6-13-21)15-18-7-4-3-5-8-18;3-2(4,5)1(6)7/h3-5,7-12,17H,6,13-16,21H2,1-2H3;(H,6,7). The summed E-state index contributed by atoms with van der Waals surface area (Å²) < 4.78 is 31.5. The second-order valence-electron chi connectivity index (χ2n) is 7.08. The molecule has 2 rings (SSSR count). The van der Waals surface area contributed by atoms with E-state index in [-0.39, 0.29) is 0 Å². The topological polar surface area (TPSA) is 71.0 Å². The van der Waals surface area contributed by atoms with Crippen LogP contribution >= 0.6 is 0 Å². The predicted molar refractivity (Wildman–Crippen MR) is 105 cm³/mol. The molecule has 0 saturated carbocycles. The number of carboxylic acid groups (broad SMARTS) is 1. The molecule has 0 unspecified atom stereocenters. The first kappa shape index (κ1) is 24.7. The Balaban J connectivity index is 0.000000516. The van der Waals surface area contributed by atoms with Crippen molar-refractivity contribution in [3.8, 4) is 0 Å². The Labute approximate surface area is 170 Å². The molecule has 0 aliphatic carbocycles. The summed E-state index contributed by atoms with van der Waals surface area (Å²) in [7, 11) is 0. The molecule has 0 atom stereocenters. The van der Waals surface area contributed by atoms with Crippen molar-refractivity contribution in [2.24, 2.45) is 0 Å². The molecule has 0 aromatic heterocycles. The van der Waals surface area contributed by atoms with Crippen molar-refractivity contribution in [2.75, 3.05) is 13.1 Å². The maximum absolute atomic E-state index is 10.5. The molecule has 3 N–H and O–H groups in total. The molecular weight excluding hydrogens is 381 g/mol. The van der Waals surface area contributed by atoms with Crippen LogP contribution in [0, 0.1) is 0 Å². The molecule has 0 fully saturated rings.